The molecule has 0 saturated heterocycles. The van der Waals surface area contributed by atoms with Gasteiger partial charge >= 0.3 is 5.69 Å². The fourth-order valence-electron chi connectivity index (χ4n) is 4.61. The van der Waals surface area contributed by atoms with Gasteiger partial charge in [0, 0.05) is 29.2 Å². The molecule has 0 bridgehead atoms. The first kappa shape index (κ1) is 24.3. The van der Waals surface area contributed by atoms with E-state index in [-0.39, 0.29) is 11.6 Å². The van der Waals surface area contributed by atoms with Crippen molar-refractivity contribution in [1.29, 1.82) is 0 Å². The Morgan fingerprint density at radius 2 is 1.84 bits per heavy atom. The van der Waals surface area contributed by atoms with Crippen LogP contribution in [0.1, 0.15) is 50.1 Å². The molecule has 3 heterocycles. The number of H-pyrrole nitrogens is 1. The van der Waals surface area contributed by atoms with E-state index in [1.165, 1.54) is 10.6 Å². The fraction of sp³-hybridized carbons (Fsp3) is 0.250. The van der Waals surface area contributed by atoms with Crippen LogP contribution < -0.4 is 5.69 Å². The molecule has 3 aromatic heterocycles. The molecule has 8 nitrogen and oxygen atoms in total. The summed E-state index contributed by atoms with van der Waals surface area (Å²) >= 11 is 0. The molecule has 0 aliphatic rings. The van der Waals surface area contributed by atoms with Gasteiger partial charge in [-0.05, 0) is 40.8 Å². The second-order valence-electron chi connectivity index (χ2n) is 9.26. The van der Waals surface area contributed by atoms with Gasteiger partial charge in [-0.15, -0.1) is 10.2 Å². The van der Waals surface area contributed by atoms with E-state index in [4.69, 9.17) is 0 Å². The van der Waals surface area contributed by atoms with Gasteiger partial charge < -0.3 is 0 Å². The van der Waals surface area contributed by atoms with E-state index in [1.54, 1.807) is 23.0 Å². The van der Waals surface area contributed by atoms with Gasteiger partial charge in [-0.1, -0.05) is 69.7 Å². The van der Waals surface area contributed by atoms with Crippen LogP contribution in [0.2, 0.25) is 0 Å². The normalized spacial score (nSPS) is 11.4. The molecule has 0 spiro atoms. The van der Waals surface area contributed by atoms with E-state index in [9.17, 15) is 9.18 Å². The lowest BCUT2D eigenvalue weighted by atomic mass is 10.0. The Bertz CT molecular complexity index is 1570. The first-order valence-corrected chi connectivity index (χ1v) is 12.4. The summed E-state index contributed by atoms with van der Waals surface area (Å²) in [5.74, 6) is 0.169. The minimum absolute atomic E-state index is 0.0695. The zero-order valence-corrected chi connectivity index (χ0v) is 21.0. The molecule has 0 radical (unpaired) electrons. The fourth-order valence-corrected chi connectivity index (χ4v) is 4.61. The van der Waals surface area contributed by atoms with Crippen molar-refractivity contribution in [3.05, 3.63) is 100 Å². The number of tetrazole rings is 1. The number of nitrogens with one attached hydrogen (secondary N) is 1. The monoisotopic (exact) mass is 497 g/mol. The van der Waals surface area contributed by atoms with E-state index in [1.807, 2.05) is 56.3 Å². The van der Waals surface area contributed by atoms with Crippen LogP contribution in [0.5, 0.6) is 0 Å². The van der Waals surface area contributed by atoms with E-state index in [0.29, 0.717) is 24.5 Å². The van der Waals surface area contributed by atoms with Crippen LogP contribution in [-0.2, 0) is 13.0 Å². The van der Waals surface area contributed by atoms with Crippen LogP contribution >= 0.6 is 0 Å². The number of para-hydroxylation sites is 1. The second-order valence-corrected chi connectivity index (χ2v) is 9.26. The number of rotatable bonds is 8. The largest absolute Gasteiger partial charge is 0.333 e. The summed E-state index contributed by atoms with van der Waals surface area (Å²) in [6.07, 6.45) is 5.11. The summed E-state index contributed by atoms with van der Waals surface area (Å²) in [7, 11) is 0. The van der Waals surface area contributed by atoms with Crippen molar-refractivity contribution in [3.8, 4) is 28.2 Å². The highest BCUT2D eigenvalue weighted by molar-refractivity contribution is 5.79. The van der Waals surface area contributed by atoms with Crippen LogP contribution in [0.3, 0.4) is 0 Å². The molecule has 188 valence electrons. The topological polar surface area (TPSA) is 94.3 Å². The Labute approximate surface area is 213 Å². The number of aromatic amines is 1. The van der Waals surface area contributed by atoms with E-state index in [2.05, 4.69) is 32.5 Å². The van der Waals surface area contributed by atoms with Gasteiger partial charge in [0.1, 0.15) is 5.82 Å². The minimum atomic E-state index is -0.406. The summed E-state index contributed by atoms with van der Waals surface area (Å²) in [5, 5.41) is 14.3. The number of imidazole rings is 1. The molecule has 5 rings (SSSR count). The van der Waals surface area contributed by atoms with E-state index in [0.717, 1.165) is 40.1 Å². The first-order valence-electron chi connectivity index (χ1n) is 12.4. The lowest BCUT2D eigenvalue weighted by Crippen LogP contribution is -2.26. The predicted octanol–water partition coefficient (Wildman–Crippen LogP) is 5.14. The SMILES string of the molecule is CCCc1cn(-c2c(F)cccc2C(C)C)c(=O)n1Cc1ccc(-c2ccccc2-c2nn[nH]n2)cn1. The summed E-state index contributed by atoms with van der Waals surface area (Å²) < 4.78 is 18.1. The molecule has 0 aliphatic carbocycles. The Kier molecular flexibility index (Phi) is 6.76. The average molecular weight is 498 g/mol. The number of halogens is 1. The van der Waals surface area contributed by atoms with E-state index < -0.39 is 5.82 Å². The molecule has 0 unspecified atom stereocenters. The van der Waals surface area contributed by atoms with Crippen LogP contribution in [0, 0.1) is 5.82 Å². The zero-order chi connectivity index (χ0) is 25.9. The van der Waals surface area contributed by atoms with Crippen molar-refractivity contribution in [3.63, 3.8) is 0 Å². The lowest BCUT2D eigenvalue weighted by Gasteiger charge is -2.13. The van der Waals surface area contributed by atoms with Crippen LogP contribution in [-0.4, -0.2) is 34.7 Å². The third-order valence-electron chi connectivity index (χ3n) is 6.42. The second kappa shape index (κ2) is 10.3. The molecule has 5 aromatic rings. The van der Waals surface area contributed by atoms with Crippen LogP contribution in [0.15, 0.2) is 71.8 Å². The number of hydrogen-bond acceptors (Lipinski definition) is 5. The van der Waals surface area contributed by atoms with Crippen molar-refractivity contribution in [2.45, 2.75) is 46.1 Å². The molecule has 0 amide bonds. The smallest absolute Gasteiger partial charge is 0.290 e. The van der Waals surface area contributed by atoms with Gasteiger partial charge in [-0.2, -0.15) is 5.21 Å². The van der Waals surface area contributed by atoms with Gasteiger partial charge in [-0.25, -0.2) is 9.18 Å². The summed E-state index contributed by atoms with van der Waals surface area (Å²) in [6, 6.07) is 16.6. The lowest BCUT2D eigenvalue weighted by molar-refractivity contribution is 0.606. The standard InChI is InChI=1S/C28H28FN7O/c1-4-8-21-17-36(26-22(18(2)3)11-7-12-25(26)29)28(37)35(21)16-20-14-13-19(15-30-20)23-9-5-6-10-24(23)27-31-33-34-32-27/h5-7,9-15,17-18H,4,8,16H2,1-3H3,(H,31,32,33,34). The van der Waals surface area contributed by atoms with Crippen molar-refractivity contribution in [2.24, 2.45) is 0 Å². The van der Waals surface area contributed by atoms with Gasteiger partial charge in [0.2, 0.25) is 5.82 Å². The third kappa shape index (κ3) is 4.72. The molecule has 37 heavy (non-hydrogen) atoms. The highest BCUT2D eigenvalue weighted by Gasteiger charge is 2.20. The third-order valence-corrected chi connectivity index (χ3v) is 6.42. The Morgan fingerprint density at radius 1 is 1.03 bits per heavy atom. The molecule has 0 atom stereocenters. The van der Waals surface area contributed by atoms with Gasteiger partial charge in [-0.3, -0.25) is 14.1 Å². The Hall–Kier alpha value is -4.40. The first-order chi connectivity index (χ1) is 18.0. The molecule has 9 heteroatoms. The number of aryl methyl sites for hydroxylation is 1. The summed E-state index contributed by atoms with van der Waals surface area (Å²) in [6.45, 7) is 6.34. The number of nitrogens with zero attached hydrogens (tertiary/aromatic N) is 6. The highest BCUT2D eigenvalue weighted by atomic mass is 19.1. The Morgan fingerprint density at radius 3 is 2.51 bits per heavy atom. The maximum Gasteiger partial charge on any atom is 0.333 e. The van der Waals surface area contributed by atoms with Gasteiger partial charge in [0.05, 0.1) is 17.9 Å². The summed E-state index contributed by atoms with van der Waals surface area (Å²) in [4.78, 5) is 18.2. The summed E-state index contributed by atoms with van der Waals surface area (Å²) in [5.41, 5.74) is 5.09. The Balaban J connectivity index is 1.51. The molecule has 0 saturated carbocycles. The highest BCUT2D eigenvalue weighted by Crippen LogP contribution is 2.29. The molecular weight excluding hydrogens is 469 g/mol. The number of pyridine rings is 1. The van der Waals surface area contributed by atoms with Crippen LogP contribution in [0.4, 0.5) is 4.39 Å². The van der Waals surface area contributed by atoms with Crippen LogP contribution in [0.25, 0.3) is 28.2 Å². The molecular formula is C28H28FN7O. The van der Waals surface area contributed by atoms with Crippen molar-refractivity contribution in [1.82, 2.24) is 34.7 Å². The van der Waals surface area contributed by atoms with E-state index >= 15 is 0 Å². The van der Waals surface area contributed by atoms with Gasteiger partial charge in [0.25, 0.3) is 0 Å². The average Bonchev–Trinajstić information content (AvgIpc) is 3.54. The number of hydrogen-bond donors (Lipinski definition) is 1. The van der Waals surface area contributed by atoms with Crippen molar-refractivity contribution in [2.75, 3.05) is 0 Å². The minimum Gasteiger partial charge on any atom is -0.290 e. The van der Waals surface area contributed by atoms with Crippen molar-refractivity contribution < 1.29 is 4.39 Å². The quantitative estimate of drug-likeness (QED) is 0.320. The predicted molar refractivity (Wildman–Crippen MR) is 140 cm³/mol. The number of aromatic nitrogens is 7. The van der Waals surface area contributed by atoms with Gasteiger partial charge in [0.15, 0.2) is 0 Å². The molecule has 1 N–H and O–H groups in total. The van der Waals surface area contributed by atoms with Crippen molar-refractivity contribution >= 4 is 0 Å². The maximum atomic E-state index is 15.0. The molecule has 0 fully saturated rings. The maximum absolute atomic E-state index is 15.0. The zero-order valence-electron chi connectivity index (χ0n) is 21.0. The molecule has 2 aromatic carbocycles. The molecule has 0 aliphatic heterocycles. The number of benzene rings is 2.